The fraction of sp³-hybridized carbons (Fsp3) is 0.105. The molecule has 2 aromatic carbocycles. The second-order valence-electron chi connectivity index (χ2n) is 5.54. The van der Waals surface area contributed by atoms with E-state index >= 15 is 0 Å². The van der Waals surface area contributed by atoms with Crippen LogP contribution in [0, 0.1) is 5.82 Å². The normalized spacial score (nSPS) is 10.9. The largest absolute Gasteiger partial charge is 0.353 e. The molecule has 0 N–H and O–H groups in total. The molecule has 5 nitrogen and oxygen atoms in total. The SMILES string of the molecule is CN(Cc1ccccc1)c1nc(ON=Cc2ccc(Cl)cc2)ncc1F. The molecule has 3 aromatic rings. The van der Waals surface area contributed by atoms with Crippen LogP contribution in [-0.2, 0) is 6.54 Å². The Morgan fingerprint density at radius 1 is 1.15 bits per heavy atom. The van der Waals surface area contributed by atoms with Gasteiger partial charge in [0.15, 0.2) is 11.6 Å². The number of nitrogens with zero attached hydrogens (tertiary/aromatic N) is 4. The summed E-state index contributed by atoms with van der Waals surface area (Å²) in [4.78, 5) is 14.7. The van der Waals surface area contributed by atoms with Crippen LogP contribution in [0.15, 0.2) is 65.9 Å². The fourth-order valence-corrected chi connectivity index (χ4v) is 2.40. The zero-order valence-corrected chi connectivity index (χ0v) is 14.8. The number of aromatic nitrogens is 2. The number of rotatable bonds is 6. The van der Waals surface area contributed by atoms with Gasteiger partial charge in [0.25, 0.3) is 0 Å². The lowest BCUT2D eigenvalue weighted by Crippen LogP contribution is -2.19. The summed E-state index contributed by atoms with van der Waals surface area (Å²) in [6.45, 7) is 0.502. The predicted molar refractivity (Wildman–Crippen MR) is 100 cm³/mol. The Hall–Kier alpha value is -2.99. The number of benzene rings is 2. The molecule has 0 radical (unpaired) electrons. The van der Waals surface area contributed by atoms with E-state index in [1.807, 2.05) is 30.3 Å². The van der Waals surface area contributed by atoms with Crippen molar-refractivity contribution in [3.8, 4) is 6.01 Å². The highest BCUT2D eigenvalue weighted by molar-refractivity contribution is 6.30. The first-order chi connectivity index (χ1) is 12.6. The molecule has 0 unspecified atom stereocenters. The summed E-state index contributed by atoms with van der Waals surface area (Å²) in [7, 11) is 1.75. The van der Waals surface area contributed by atoms with Crippen molar-refractivity contribution >= 4 is 23.6 Å². The quantitative estimate of drug-likeness (QED) is 0.479. The van der Waals surface area contributed by atoms with Crippen LogP contribution in [0.25, 0.3) is 0 Å². The molecule has 0 amide bonds. The van der Waals surface area contributed by atoms with E-state index in [1.54, 1.807) is 36.2 Å². The van der Waals surface area contributed by atoms with E-state index < -0.39 is 5.82 Å². The Bertz CT molecular complexity index is 888. The third-order valence-corrected chi connectivity index (χ3v) is 3.79. The zero-order valence-electron chi connectivity index (χ0n) is 14.0. The molecule has 3 rings (SSSR count). The molecular weight excluding hydrogens is 355 g/mol. The van der Waals surface area contributed by atoms with E-state index in [1.165, 1.54) is 6.21 Å². The lowest BCUT2D eigenvalue weighted by molar-refractivity contribution is 0.313. The van der Waals surface area contributed by atoms with Gasteiger partial charge in [-0.25, -0.2) is 4.39 Å². The molecule has 7 heteroatoms. The van der Waals surface area contributed by atoms with Crippen molar-refractivity contribution in [2.75, 3.05) is 11.9 Å². The molecule has 0 aliphatic carbocycles. The zero-order chi connectivity index (χ0) is 18.4. The molecule has 0 saturated heterocycles. The van der Waals surface area contributed by atoms with Gasteiger partial charge in [-0.05, 0) is 23.3 Å². The summed E-state index contributed by atoms with van der Waals surface area (Å²) in [6.07, 6.45) is 2.56. The van der Waals surface area contributed by atoms with E-state index in [2.05, 4.69) is 15.1 Å². The van der Waals surface area contributed by atoms with Crippen LogP contribution in [-0.4, -0.2) is 23.2 Å². The molecule has 132 valence electrons. The number of anilines is 1. The van der Waals surface area contributed by atoms with Crippen LogP contribution in [0.4, 0.5) is 10.2 Å². The summed E-state index contributed by atoms with van der Waals surface area (Å²) in [5, 5.41) is 4.46. The smallest absolute Gasteiger partial charge is 0.347 e. The number of hydrogen-bond donors (Lipinski definition) is 0. The van der Waals surface area contributed by atoms with Crippen molar-refractivity contribution in [2.24, 2.45) is 5.16 Å². The average molecular weight is 371 g/mol. The van der Waals surface area contributed by atoms with E-state index in [9.17, 15) is 4.39 Å². The van der Waals surface area contributed by atoms with Crippen LogP contribution >= 0.6 is 11.6 Å². The predicted octanol–water partition coefficient (Wildman–Crippen LogP) is 4.32. The summed E-state index contributed by atoms with van der Waals surface area (Å²) >= 11 is 5.83. The summed E-state index contributed by atoms with van der Waals surface area (Å²) in [5.74, 6) is -0.391. The minimum absolute atomic E-state index is 0.0356. The fourth-order valence-electron chi connectivity index (χ4n) is 2.27. The van der Waals surface area contributed by atoms with E-state index in [0.29, 0.717) is 11.6 Å². The average Bonchev–Trinajstić information content (AvgIpc) is 2.65. The Kier molecular flexibility index (Phi) is 5.76. The molecule has 1 aromatic heterocycles. The lowest BCUT2D eigenvalue weighted by atomic mass is 10.2. The third-order valence-electron chi connectivity index (χ3n) is 3.53. The lowest BCUT2D eigenvalue weighted by Gasteiger charge is -2.18. The summed E-state index contributed by atoms with van der Waals surface area (Å²) in [5.41, 5.74) is 1.84. The van der Waals surface area contributed by atoms with Crippen molar-refractivity contribution in [1.29, 1.82) is 0 Å². The first kappa shape index (κ1) is 17.8. The van der Waals surface area contributed by atoms with Crippen molar-refractivity contribution in [3.05, 3.63) is 82.8 Å². The Labute approximate surface area is 155 Å². The standard InChI is InChI=1S/C19H16ClFN4O/c1-25(13-15-5-3-2-4-6-15)18-17(21)12-22-19(24-18)26-23-11-14-7-9-16(20)10-8-14/h2-12H,13H2,1H3. The van der Waals surface area contributed by atoms with Crippen LogP contribution in [0.1, 0.15) is 11.1 Å². The maximum atomic E-state index is 14.1. The topological polar surface area (TPSA) is 50.6 Å². The van der Waals surface area contributed by atoms with Gasteiger partial charge in [0.2, 0.25) is 0 Å². The van der Waals surface area contributed by atoms with Crippen LogP contribution in [0.3, 0.4) is 0 Å². The first-order valence-electron chi connectivity index (χ1n) is 7.85. The minimum atomic E-state index is -0.530. The van der Waals surface area contributed by atoms with Crippen molar-refractivity contribution in [1.82, 2.24) is 9.97 Å². The van der Waals surface area contributed by atoms with Crippen molar-refractivity contribution in [3.63, 3.8) is 0 Å². The van der Waals surface area contributed by atoms with E-state index in [4.69, 9.17) is 16.4 Å². The molecule has 26 heavy (non-hydrogen) atoms. The highest BCUT2D eigenvalue weighted by Gasteiger charge is 2.13. The highest BCUT2D eigenvalue weighted by atomic mass is 35.5. The Morgan fingerprint density at radius 3 is 2.62 bits per heavy atom. The molecule has 1 heterocycles. The van der Waals surface area contributed by atoms with Crippen molar-refractivity contribution in [2.45, 2.75) is 6.54 Å². The molecule has 0 aliphatic heterocycles. The summed E-state index contributed by atoms with van der Waals surface area (Å²) in [6, 6.07) is 16.7. The van der Waals surface area contributed by atoms with Crippen molar-refractivity contribution < 1.29 is 9.23 Å². The van der Waals surface area contributed by atoms with Gasteiger partial charge in [-0.2, -0.15) is 9.97 Å². The monoisotopic (exact) mass is 370 g/mol. The molecule has 0 saturated carbocycles. The second-order valence-corrected chi connectivity index (χ2v) is 5.98. The van der Waals surface area contributed by atoms with Gasteiger partial charge in [0.1, 0.15) is 0 Å². The molecular formula is C19H16ClFN4O. The Balaban J connectivity index is 1.69. The van der Waals surface area contributed by atoms with E-state index in [0.717, 1.165) is 17.3 Å². The van der Waals surface area contributed by atoms with E-state index in [-0.39, 0.29) is 11.8 Å². The van der Waals surface area contributed by atoms with Gasteiger partial charge in [0, 0.05) is 18.6 Å². The maximum absolute atomic E-state index is 14.1. The van der Waals surface area contributed by atoms with Crippen LogP contribution in [0.2, 0.25) is 5.02 Å². The number of halogens is 2. The molecule has 0 spiro atoms. The minimum Gasteiger partial charge on any atom is -0.353 e. The highest BCUT2D eigenvalue weighted by Crippen LogP contribution is 2.19. The Morgan fingerprint density at radius 2 is 1.88 bits per heavy atom. The van der Waals surface area contributed by atoms with Gasteiger partial charge in [0.05, 0.1) is 12.4 Å². The molecule has 0 aliphatic rings. The number of oxime groups is 1. The maximum Gasteiger partial charge on any atom is 0.347 e. The van der Waals surface area contributed by atoms with Gasteiger partial charge in [-0.3, -0.25) is 0 Å². The van der Waals surface area contributed by atoms with Gasteiger partial charge >= 0.3 is 6.01 Å². The molecule has 0 atom stereocenters. The van der Waals surface area contributed by atoms with Gasteiger partial charge in [-0.15, -0.1) is 0 Å². The van der Waals surface area contributed by atoms with Gasteiger partial charge in [-0.1, -0.05) is 59.2 Å². The second kappa shape index (κ2) is 8.40. The van der Waals surface area contributed by atoms with Crippen LogP contribution in [0.5, 0.6) is 6.01 Å². The number of hydrogen-bond acceptors (Lipinski definition) is 5. The summed E-state index contributed by atoms with van der Waals surface area (Å²) < 4.78 is 14.1. The third kappa shape index (κ3) is 4.77. The van der Waals surface area contributed by atoms with Crippen LogP contribution < -0.4 is 9.74 Å². The molecule has 0 bridgehead atoms. The first-order valence-corrected chi connectivity index (χ1v) is 8.23. The van der Waals surface area contributed by atoms with Gasteiger partial charge < -0.3 is 9.74 Å². The molecule has 0 fully saturated rings.